The van der Waals surface area contributed by atoms with Crippen LogP contribution in [0.3, 0.4) is 0 Å². The monoisotopic (exact) mass is 418 g/mol. The summed E-state index contributed by atoms with van der Waals surface area (Å²) in [6.45, 7) is 6.56. The molecule has 0 fully saturated rings. The number of carbonyl (C=O) groups is 1. The average molecular weight is 419 g/mol. The van der Waals surface area contributed by atoms with E-state index >= 15 is 0 Å². The molecule has 0 saturated heterocycles. The number of aryl methyl sites for hydroxylation is 3. The lowest BCUT2D eigenvalue weighted by molar-refractivity contribution is 0.102. The molecule has 0 aliphatic carbocycles. The number of nitrogens with zero attached hydrogens (tertiary/aromatic N) is 3. The fraction of sp³-hybridized carbons (Fsp3) is 0.316. The summed E-state index contributed by atoms with van der Waals surface area (Å²) in [4.78, 5) is 17.4. The summed E-state index contributed by atoms with van der Waals surface area (Å²) in [5.41, 5.74) is 2.74. The number of carbonyl (C=O) groups excluding carboxylic acids is 1. The van der Waals surface area contributed by atoms with Crippen LogP contribution in [0.2, 0.25) is 0 Å². The van der Waals surface area contributed by atoms with Gasteiger partial charge < -0.3 is 5.32 Å². The number of pyridine rings is 1. The first-order valence-electron chi connectivity index (χ1n) is 8.52. The second kappa shape index (κ2) is 7.53. The first-order chi connectivity index (χ1) is 12.4. The lowest BCUT2D eigenvalue weighted by Crippen LogP contribution is -2.14. The van der Waals surface area contributed by atoms with E-state index in [9.17, 15) is 9.18 Å². The van der Waals surface area contributed by atoms with Gasteiger partial charge in [0.1, 0.15) is 5.82 Å². The average Bonchev–Trinajstić information content (AvgIpc) is 2.90. The first-order valence-corrected chi connectivity index (χ1v) is 9.31. The van der Waals surface area contributed by atoms with Gasteiger partial charge in [0.15, 0.2) is 5.65 Å². The van der Waals surface area contributed by atoms with Crippen LogP contribution in [0.25, 0.3) is 11.0 Å². The molecule has 1 N–H and O–H groups in total. The van der Waals surface area contributed by atoms with Crippen molar-refractivity contribution in [1.82, 2.24) is 14.8 Å². The van der Waals surface area contributed by atoms with E-state index in [2.05, 4.69) is 38.3 Å². The van der Waals surface area contributed by atoms with Crippen LogP contribution in [-0.2, 0) is 6.54 Å². The van der Waals surface area contributed by atoms with Crippen LogP contribution >= 0.6 is 15.9 Å². The Morgan fingerprint density at radius 2 is 2.08 bits per heavy atom. The predicted molar refractivity (Wildman–Crippen MR) is 104 cm³/mol. The molecule has 5 nitrogen and oxygen atoms in total. The molecular weight excluding hydrogens is 399 g/mol. The lowest BCUT2D eigenvalue weighted by Gasteiger charge is -2.09. The second-order valence-corrected chi connectivity index (χ2v) is 7.17. The fourth-order valence-corrected chi connectivity index (χ4v) is 3.24. The highest BCUT2D eigenvalue weighted by molar-refractivity contribution is 9.10. The number of hydrogen-bond acceptors (Lipinski definition) is 3. The number of fused-ring (bicyclic) bond motifs is 1. The number of unbranched alkanes of at least 4 members (excludes halogenated alkanes) is 1. The Morgan fingerprint density at radius 3 is 2.77 bits per heavy atom. The molecule has 1 amide bonds. The number of benzene rings is 1. The standard InChI is InChI=1S/C19H20BrFN4O/c1-4-5-8-25-18-17(12(3)24-25)14(9-11(2)22-18)19(26)23-16-7-6-13(20)10-15(16)21/h6-7,9-10H,4-5,8H2,1-3H3,(H,23,26). The molecule has 3 rings (SSSR count). The molecule has 0 aliphatic rings. The number of amides is 1. The highest BCUT2D eigenvalue weighted by Gasteiger charge is 2.19. The molecular formula is C19H20BrFN4O. The number of aromatic nitrogens is 3. The third kappa shape index (κ3) is 3.62. The van der Waals surface area contributed by atoms with Gasteiger partial charge in [-0.3, -0.25) is 4.79 Å². The van der Waals surface area contributed by atoms with Crippen molar-refractivity contribution in [3.8, 4) is 0 Å². The molecule has 1 aromatic carbocycles. The summed E-state index contributed by atoms with van der Waals surface area (Å²) < 4.78 is 16.5. The molecule has 0 aliphatic heterocycles. The smallest absolute Gasteiger partial charge is 0.256 e. The highest BCUT2D eigenvalue weighted by Crippen LogP contribution is 2.25. The molecule has 2 heterocycles. The maximum atomic E-state index is 14.1. The molecule has 136 valence electrons. The summed E-state index contributed by atoms with van der Waals surface area (Å²) in [5, 5.41) is 7.90. The second-order valence-electron chi connectivity index (χ2n) is 6.25. The topological polar surface area (TPSA) is 59.8 Å². The molecule has 0 bridgehead atoms. The van der Waals surface area contributed by atoms with Crippen LogP contribution in [0.4, 0.5) is 10.1 Å². The first kappa shape index (κ1) is 18.5. The van der Waals surface area contributed by atoms with Gasteiger partial charge >= 0.3 is 0 Å². The number of hydrogen-bond donors (Lipinski definition) is 1. The molecule has 0 radical (unpaired) electrons. The van der Waals surface area contributed by atoms with Crippen LogP contribution in [0.5, 0.6) is 0 Å². The minimum absolute atomic E-state index is 0.136. The molecule has 2 aromatic heterocycles. The quantitative estimate of drug-likeness (QED) is 0.633. The third-order valence-corrected chi connectivity index (χ3v) is 4.65. The Labute approximate surface area is 159 Å². The van der Waals surface area contributed by atoms with Gasteiger partial charge in [0, 0.05) is 16.7 Å². The van der Waals surface area contributed by atoms with Gasteiger partial charge in [-0.15, -0.1) is 0 Å². The Kier molecular flexibility index (Phi) is 5.36. The van der Waals surface area contributed by atoms with Gasteiger partial charge in [-0.2, -0.15) is 5.10 Å². The van der Waals surface area contributed by atoms with Gasteiger partial charge in [-0.05, 0) is 44.5 Å². The molecule has 3 aromatic rings. The van der Waals surface area contributed by atoms with E-state index in [4.69, 9.17) is 0 Å². The number of halogens is 2. The Balaban J connectivity index is 2.03. The van der Waals surface area contributed by atoms with Crippen molar-refractivity contribution in [1.29, 1.82) is 0 Å². The van der Waals surface area contributed by atoms with Crippen LogP contribution in [-0.4, -0.2) is 20.7 Å². The van der Waals surface area contributed by atoms with Crippen LogP contribution in [0.1, 0.15) is 41.5 Å². The SMILES string of the molecule is CCCCn1nc(C)c2c(C(=O)Nc3ccc(Br)cc3F)cc(C)nc21. The van der Waals surface area contributed by atoms with Crippen molar-refractivity contribution < 1.29 is 9.18 Å². The van der Waals surface area contributed by atoms with Crippen molar-refractivity contribution >= 4 is 38.6 Å². The molecule has 26 heavy (non-hydrogen) atoms. The molecule has 0 spiro atoms. The van der Waals surface area contributed by atoms with E-state index in [1.54, 1.807) is 12.1 Å². The molecule has 0 saturated carbocycles. The zero-order chi connectivity index (χ0) is 18.8. The molecule has 7 heteroatoms. The van der Waals surface area contributed by atoms with Gasteiger partial charge in [-0.1, -0.05) is 29.3 Å². The highest BCUT2D eigenvalue weighted by atomic mass is 79.9. The Hall–Kier alpha value is -2.28. The maximum absolute atomic E-state index is 14.1. The summed E-state index contributed by atoms with van der Waals surface area (Å²) in [7, 11) is 0. The number of nitrogens with one attached hydrogen (secondary N) is 1. The fourth-order valence-electron chi connectivity index (χ4n) is 2.90. The number of anilines is 1. The predicted octanol–water partition coefficient (Wildman–Crippen LogP) is 5.00. The van der Waals surface area contributed by atoms with Crippen molar-refractivity contribution in [2.45, 2.75) is 40.2 Å². The van der Waals surface area contributed by atoms with Gasteiger partial charge in [0.2, 0.25) is 0 Å². The van der Waals surface area contributed by atoms with E-state index in [0.29, 0.717) is 21.1 Å². The summed E-state index contributed by atoms with van der Waals surface area (Å²) in [6, 6.07) is 6.24. The van der Waals surface area contributed by atoms with E-state index in [1.165, 1.54) is 12.1 Å². The Morgan fingerprint density at radius 1 is 1.31 bits per heavy atom. The van der Waals surface area contributed by atoms with Crippen LogP contribution in [0, 0.1) is 19.7 Å². The van der Waals surface area contributed by atoms with E-state index in [1.807, 2.05) is 18.5 Å². The van der Waals surface area contributed by atoms with Crippen molar-refractivity contribution in [3.05, 3.63) is 51.5 Å². The van der Waals surface area contributed by atoms with Gasteiger partial charge in [0.25, 0.3) is 5.91 Å². The largest absolute Gasteiger partial charge is 0.319 e. The maximum Gasteiger partial charge on any atom is 0.256 e. The molecule has 0 unspecified atom stereocenters. The third-order valence-electron chi connectivity index (χ3n) is 4.15. The summed E-state index contributed by atoms with van der Waals surface area (Å²) in [5.74, 6) is -0.870. The van der Waals surface area contributed by atoms with Crippen molar-refractivity contribution in [3.63, 3.8) is 0 Å². The molecule has 0 atom stereocenters. The van der Waals surface area contributed by atoms with Crippen LogP contribution < -0.4 is 5.32 Å². The zero-order valence-corrected chi connectivity index (χ0v) is 16.5. The minimum atomic E-state index is -0.495. The normalized spacial score (nSPS) is 11.1. The summed E-state index contributed by atoms with van der Waals surface area (Å²) in [6.07, 6.45) is 2.03. The lowest BCUT2D eigenvalue weighted by atomic mass is 10.1. The van der Waals surface area contributed by atoms with E-state index < -0.39 is 5.82 Å². The van der Waals surface area contributed by atoms with E-state index in [-0.39, 0.29) is 11.6 Å². The zero-order valence-electron chi connectivity index (χ0n) is 14.9. The van der Waals surface area contributed by atoms with Crippen molar-refractivity contribution in [2.75, 3.05) is 5.32 Å². The van der Waals surface area contributed by atoms with Gasteiger partial charge in [0.05, 0.1) is 22.3 Å². The minimum Gasteiger partial charge on any atom is -0.319 e. The Bertz CT molecular complexity index is 983. The van der Waals surface area contributed by atoms with Crippen LogP contribution in [0.15, 0.2) is 28.7 Å². The van der Waals surface area contributed by atoms with Gasteiger partial charge in [-0.25, -0.2) is 14.1 Å². The number of rotatable bonds is 5. The van der Waals surface area contributed by atoms with Crippen molar-refractivity contribution in [2.24, 2.45) is 0 Å². The summed E-state index contributed by atoms with van der Waals surface area (Å²) >= 11 is 3.21. The van der Waals surface area contributed by atoms with E-state index in [0.717, 1.165) is 30.8 Å².